The van der Waals surface area contributed by atoms with Crippen molar-refractivity contribution in [1.29, 1.82) is 10.5 Å². The fourth-order valence-corrected chi connectivity index (χ4v) is 15.4. The molecule has 8 aliphatic heterocycles. The Bertz CT molecular complexity index is 2070. The number of rotatable bonds is 22. The van der Waals surface area contributed by atoms with Crippen LogP contribution in [0.1, 0.15) is 162 Å². The van der Waals surface area contributed by atoms with E-state index < -0.39 is 44.6 Å². The Balaban J connectivity index is 0.000000343. The van der Waals surface area contributed by atoms with Gasteiger partial charge in [-0.05, 0) is 138 Å². The van der Waals surface area contributed by atoms with Gasteiger partial charge in [-0.1, -0.05) is 0 Å². The molecule has 8 rings (SSSR count). The molecule has 24 heteroatoms. The third-order valence-corrected chi connectivity index (χ3v) is 20.1. The first-order valence-electron chi connectivity index (χ1n) is 33.8. The predicted octanol–water partition coefficient (Wildman–Crippen LogP) is 4.51. The third-order valence-electron chi connectivity index (χ3n) is 19.4. The summed E-state index contributed by atoms with van der Waals surface area (Å²) in [5.41, 5.74) is -4.13. The number of ether oxygens (including phenoxy) is 4. The van der Waals surface area contributed by atoms with Gasteiger partial charge >= 0.3 is 0 Å². The molecule has 10 N–H and O–H groups in total. The van der Waals surface area contributed by atoms with Crippen molar-refractivity contribution in [3.63, 3.8) is 0 Å². The van der Waals surface area contributed by atoms with Crippen LogP contribution in [0.15, 0.2) is 0 Å². The summed E-state index contributed by atoms with van der Waals surface area (Å²) in [7, 11) is 17.4. The molecular formula is C68H134Cl2N16O6+4. The largest absolute Gasteiger partial charge is 0.372 e. The Labute approximate surface area is 569 Å². The Morgan fingerprint density at radius 2 is 0.696 bits per heavy atom. The molecule has 0 aromatic carbocycles. The number of nitrogens with zero attached hydrogens (tertiary/aromatic N) is 8. The van der Waals surface area contributed by atoms with E-state index in [0.29, 0.717) is 98.2 Å². The average Bonchev–Trinajstić information content (AvgIpc) is 1.73. The first-order valence-corrected chi connectivity index (χ1v) is 34.8. The number of hydrogen-bond donors (Lipinski definition) is 10. The summed E-state index contributed by atoms with van der Waals surface area (Å²) in [6.45, 7) is 61.5. The topological polar surface area (TPSA) is 234 Å². The van der Waals surface area contributed by atoms with Crippen molar-refractivity contribution in [2.75, 3.05) is 160 Å². The molecule has 0 saturated carbocycles. The standard InChI is InChI=1S/C26H49N7.C24H45N7O2.2C6H14NO.2C3H5ClO/c1-21(2)16-25(20-27,17-22(3,4)32(21)10)30-14-12-29-13-15-31-26(28-9)18-23(5,6)33(11)24(7,8)19-26;1-19(2)14-23(18-25,15-20(3,4)30(19)32)28-12-10-27-11-13-29-24(26-9)16-21(5,6)31(33)22(7,8)17-24;2*1-7(2,3)4-6-5-8-6;2*4-1-3-2-5-3/h29-31H,12-19H2,1-8,10-11H3;27-29,32-33H,10-17H2,1-8H3;2*6H,4-5H2,1-3H3;2*3H,1-2H2/q;;2*+1;;/p+2. The van der Waals surface area contributed by atoms with Gasteiger partial charge in [-0.25, -0.2) is 34.2 Å². The second kappa shape index (κ2) is 33.1. The van der Waals surface area contributed by atoms with Crippen molar-refractivity contribution < 1.29 is 48.5 Å². The molecule has 8 heterocycles. The predicted molar refractivity (Wildman–Crippen MR) is 370 cm³/mol. The highest BCUT2D eigenvalue weighted by atomic mass is 35.5. The highest BCUT2D eigenvalue weighted by molar-refractivity contribution is 6.18. The lowest BCUT2D eigenvalue weighted by Gasteiger charge is -2.56. The second-order valence-corrected chi connectivity index (χ2v) is 35.6. The Hall–Kier alpha value is -2.18. The Morgan fingerprint density at radius 3 is 0.924 bits per heavy atom. The van der Waals surface area contributed by atoms with Crippen LogP contribution in [0.25, 0.3) is 9.69 Å². The van der Waals surface area contributed by atoms with Crippen LogP contribution < -0.4 is 42.0 Å². The highest BCUT2D eigenvalue weighted by Crippen LogP contribution is 2.44. The van der Waals surface area contributed by atoms with Crippen LogP contribution in [-0.4, -0.2) is 280 Å². The maximum atomic E-state index is 10.6. The van der Waals surface area contributed by atoms with E-state index in [4.69, 9.17) is 55.3 Å². The van der Waals surface area contributed by atoms with Gasteiger partial charge in [-0.15, -0.1) is 23.2 Å². The molecule has 8 aliphatic rings. The number of nitrogens with one attached hydrogen (secondary N) is 8. The zero-order chi connectivity index (χ0) is 70.5. The molecule has 4 atom stereocenters. The summed E-state index contributed by atoms with van der Waals surface area (Å²) in [4.78, 5) is 12.9. The smallest absolute Gasteiger partial charge is 0.298 e. The van der Waals surface area contributed by atoms with Crippen LogP contribution in [0.5, 0.6) is 0 Å². The number of hydroxylamine groups is 4. The minimum Gasteiger partial charge on any atom is -0.372 e. The number of likely N-dealkylation sites (tertiary alicyclic amines) is 2. The van der Waals surface area contributed by atoms with Crippen molar-refractivity contribution >= 4 is 23.2 Å². The van der Waals surface area contributed by atoms with Gasteiger partial charge in [0.1, 0.15) is 58.5 Å². The Kier molecular flexibility index (Phi) is 30.3. The van der Waals surface area contributed by atoms with E-state index in [0.717, 1.165) is 100 Å². The maximum absolute atomic E-state index is 10.6. The van der Waals surface area contributed by atoms with Crippen molar-refractivity contribution in [2.45, 2.75) is 253 Å². The number of alkyl halides is 2. The molecule has 0 aromatic rings. The number of hydrogen-bond acceptors (Lipinski definition) is 16. The molecule has 532 valence electrons. The molecule has 0 spiro atoms. The van der Waals surface area contributed by atoms with E-state index in [1.807, 2.05) is 55.4 Å². The van der Waals surface area contributed by atoms with E-state index in [-0.39, 0.29) is 22.2 Å². The van der Waals surface area contributed by atoms with Gasteiger partial charge in [0.15, 0.2) is 0 Å². The van der Waals surface area contributed by atoms with Crippen LogP contribution in [-0.2, 0) is 18.9 Å². The molecule has 22 nitrogen and oxygen atoms in total. The summed E-state index contributed by atoms with van der Waals surface area (Å²) in [6, 6.07) is 5.11. The fourth-order valence-electron chi connectivity index (χ4n) is 15.1. The molecular weight excluding hydrogens is 1210 g/mol. The fraction of sp³-hybridized carbons (Fsp3) is 0.941. The van der Waals surface area contributed by atoms with Crippen molar-refractivity contribution in [1.82, 2.24) is 41.7 Å². The molecule has 0 amide bonds. The number of quaternary nitrogens is 4. The average molecular weight is 1340 g/mol. The van der Waals surface area contributed by atoms with Gasteiger partial charge in [0, 0.05) is 87.4 Å². The first kappa shape index (κ1) is 84.0. The van der Waals surface area contributed by atoms with E-state index in [9.17, 15) is 20.9 Å². The van der Waals surface area contributed by atoms with Gasteiger partial charge in [0.05, 0.1) is 131 Å². The highest BCUT2D eigenvalue weighted by Gasteiger charge is 2.61. The molecule has 0 bridgehead atoms. The van der Waals surface area contributed by atoms with Crippen LogP contribution in [0.4, 0.5) is 0 Å². The zero-order valence-corrected chi connectivity index (χ0v) is 63.7. The van der Waals surface area contributed by atoms with E-state index in [1.165, 1.54) is 0 Å². The summed E-state index contributed by atoms with van der Waals surface area (Å²) < 4.78 is 21.6. The number of nitriles is 2. The van der Waals surface area contributed by atoms with Gasteiger partial charge in [-0.2, -0.15) is 20.7 Å². The summed E-state index contributed by atoms with van der Waals surface area (Å²) >= 11 is 10.5. The lowest BCUT2D eigenvalue weighted by Crippen LogP contribution is -3.25. The Morgan fingerprint density at radius 1 is 0.446 bits per heavy atom. The van der Waals surface area contributed by atoms with Gasteiger partial charge in [0.25, 0.3) is 11.3 Å². The number of epoxide rings is 4. The normalized spacial score (nSPS) is 31.5. The van der Waals surface area contributed by atoms with Gasteiger partial charge in [0.2, 0.25) is 0 Å². The number of likely N-dealkylation sites (N-methyl/N-ethyl adjacent to an activating group) is 2. The van der Waals surface area contributed by atoms with Crippen LogP contribution in [0.2, 0.25) is 0 Å². The SMILES string of the molecule is C[N+](C)(C)CC1CO1.C[N+](C)(C)CC1CO1.ClCC1CO1.ClCC1CO1.[C-]#[N+]C1(NCCNCCNC2(C#N)CC(C)(C)N(C)C(C)(C)C2)CC(C)(C)N(C)C(C)(C)C1.[C-]#[N+]C1(NCCNCCNC2(C#N)CC(C)(C)[NH+](O)C(C)(C)C2)CC(C)(C)[NH+](O)C(C)(C)C1. The maximum Gasteiger partial charge on any atom is 0.298 e. The monoisotopic (exact) mass is 1340 g/mol. The van der Waals surface area contributed by atoms with Crippen molar-refractivity contribution in [2.24, 2.45) is 0 Å². The van der Waals surface area contributed by atoms with E-state index in [2.05, 4.69) is 175 Å². The zero-order valence-electron chi connectivity index (χ0n) is 62.1. The van der Waals surface area contributed by atoms with Gasteiger partial charge < -0.3 is 38.5 Å². The van der Waals surface area contributed by atoms with Crippen molar-refractivity contribution in [3.8, 4) is 12.1 Å². The van der Waals surface area contributed by atoms with Crippen molar-refractivity contribution in [3.05, 3.63) is 22.8 Å². The summed E-state index contributed by atoms with van der Waals surface area (Å²) in [5.74, 6) is 1.33. The second-order valence-electron chi connectivity index (χ2n) is 35.0. The summed E-state index contributed by atoms with van der Waals surface area (Å²) in [5, 5.41) is 63.1. The molecule has 8 fully saturated rings. The number of halogens is 2. The first-order chi connectivity index (χ1) is 42.0. The molecule has 0 radical (unpaired) electrons. The third kappa shape index (κ3) is 27.3. The number of piperidine rings is 4. The molecule has 92 heavy (non-hydrogen) atoms. The molecule has 0 aromatic heterocycles. The van der Waals surface area contributed by atoms with Gasteiger partial charge in [-0.3, -0.25) is 30.1 Å². The molecule has 8 saturated heterocycles. The summed E-state index contributed by atoms with van der Waals surface area (Å²) in [6.07, 6.45) is 7.51. The lowest BCUT2D eigenvalue weighted by molar-refractivity contribution is -1.16. The minimum absolute atomic E-state index is 0.0299. The lowest BCUT2D eigenvalue weighted by atomic mass is 9.70. The van der Waals surface area contributed by atoms with Crippen LogP contribution >= 0.6 is 23.2 Å². The van der Waals surface area contributed by atoms with E-state index >= 15 is 0 Å². The molecule has 4 unspecified atom stereocenters. The molecule has 0 aliphatic carbocycles. The van der Waals surface area contributed by atoms with E-state index in [1.54, 1.807) is 0 Å². The minimum atomic E-state index is -0.679. The quantitative estimate of drug-likeness (QED) is 0.0236. The van der Waals surface area contributed by atoms with Crippen LogP contribution in [0.3, 0.4) is 0 Å². The van der Waals surface area contributed by atoms with Crippen LogP contribution in [0, 0.1) is 35.8 Å².